The summed E-state index contributed by atoms with van der Waals surface area (Å²) in [6.45, 7) is 4.61. The highest BCUT2D eigenvalue weighted by Crippen LogP contribution is 2.51. The number of nitrogens with zero attached hydrogens (tertiary/aromatic N) is 8. The zero-order valence-electron chi connectivity index (χ0n) is 34.4. The largest absolute Gasteiger partial charge is 0.479 e. The second kappa shape index (κ2) is 17.9. The lowest BCUT2D eigenvalue weighted by molar-refractivity contribution is -0.0565. The summed E-state index contributed by atoms with van der Waals surface area (Å²) in [6, 6.07) is 17.5. The molecule has 5 unspecified atom stereocenters. The van der Waals surface area contributed by atoms with Gasteiger partial charge < -0.3 is 44.6 Å². The Morgan fingerprint density at radius 1 is 0.803 bits per heavy atom. The molecule has 2 aromatic carbocycles. The Hall–Kier alpha value is -5.37. The number of aromatic nitrogens is 8. The normalized spacial score (nSPS) is 24.7. The van der Waals surface area contributed by atoms with Crippen molar-refractivity contribution in [1.82, 2.24) is 39.0 Å². The van der Waals surface area contributed by atoms with Crippen molar-refractivity contribution in [1.29, 1.82) is 0 Å². The van der Waals surface area contributed by atoms with Crippen molar-refractivity contribution >= 4 is 41.8 Å². The van der Waals surface area contributed by atoms with Gasteiger partial charge in [-0.1, -0.05) is 54.6 Å². The SMILES string of the molecule is COc1nc(N)nc2c1ncn2C1OC(CO)C[C@@]1(C)F.COc1nc(N)nc2c1ncn2C1OC(COP(=O)(CCc2ccccc2)OCc2ccccc2C)C[C@@]1(C)F. The molecule has 8 rings (SSSR count). The lowest BCUT2D eigenvalue weighted by Gasteiger charge is -2.23. The Bertz CT molecular complexity index is 2510. The van der Waals surface area contributed by atoms with E-state index in [-0.39, 0.29) is 68.1 Å². The van der Waals surface area contributed by atoms with Crippen LogP contribution in [0.25, 0.3) is 22.3 Å². The van der Waals surface area contributed by atoms with Gasteiger partial charge in [-0.25, -0.2) is 18.7 Å². The Labute approximate surface area is 350 Å². The molecule has 2 aliphatic rings. The number of halogens is 2. The highest BCUT2D eigenvalue weighted by molar-refractivity contribution is 7.53. The molecule has 0 aliphatic carbocycles. The van der Waals surface area contributed by atoms with Crippen molar-refractivity contribution in [3.63, 3.8) is 0 Å². The molecule has 2 saturated heterocycles. The van der Waals surface area contributed by atoms with Crippen LogP contribution in [0, 0.1) is 6.92 Å². The van der Waals surface area contributed by atoms with Crippen molar-refractivity contribution in [2.45, 2.75) is 82.6 Å². The monoisotopic (exact) mass is 866 g/mol. The number of nitrogens with two attached hydrogens (primary N) is 2. The fourth-order valence-corrected chi connectivity index (χ4v) is 9.00. The molecule has 6 aromatic rings. The molecule has 61 heavy (non-hydrogen) atoms. The van der Waals surface area contributed by atoms with Crippen LogP contribution in [0.2, 0.25) is 0 Å². The number of benzene rings is 2. The maximum absolute atomic E-state index is 15.9. The maximum Gasteiger partial charge on any atom is 0.331 e. The molecule has 0 saturated carbocycles. The fourth-order valence-electron chi connectivity index (χ4n) is 7.41. The molecule has 5 N–H and O–H groups in total. The number of fused-ring (bicyclic) bond motifs is 2. The molecule has 0 spiro atoms. The molecule has 4 aromatic heterocycles. The number of imidazole rings is 2. The van der Waals surface area contributed by atoms with E-state index < -0.39 is 43.6 Å². The fraction of sp³-hybridized carbons (Fsp3) is 0.450. The lowest BCUT2D eigenvalue weighted by atomic mass is 10.0. The van der Waals surface area contributed by atoms with Crippen LogP contribution < -0.4 is 20.9 Å². The van der Waals surface area contributed by atoms with E-state index in [9.17, 15) is 14.1 Å². The van der Waals surface area contributed by atoms with Crippen LogP contribution in [0.4, 0.5) is 20.7 Å². The minimum Gasteiger partial charge on any atom is -0.479 e. The van der Waals surface area contributed by atoms with E-state index in [0.29, 0.717) is 23.1 Å². The third-order valence-corrected chi connectivity index (χ3v) is 12.3. The zero-order valence-corrected chi connectivity index (χ0v) is 35.2. The van der Waals surface area contributed by atoms with Crippen LogP contribution in [0.3, 0.4) is 0 Å². The van der Waals surface area contributed by atoms with Gasteiger partial charge in [-0.15, -0.1) is 0 Å². The number of hydrogen-bond acceptors (Lipinski definition) is 16. The Kier molecular flexibility index (Phi) is 12.8. The van der Waals surface area contributed by atoms with E-state index in [1.807, 2.05) is 61.5 Å². The van der Waals surface area contributed by atoms with Crippen molar-refractivity contribution in [3.8, 4) is 11.8 Å². The average Bonchev–Trinajstić information content (AvgIpc) is 4.00. The zero-order chi connectivity index (χ0) is 43.5. The Morgan fingerprint density at radius 2 is 1.33 bits per heavy atom. The second-order valence-electron chi connectivity index (χ2n) is 15.3. The summed E-state index contributed by atoms with van der Waals surface area (Å²) in [7, 11) is -0.697. The number of anilines is 2. The molecule has 326 valence electrons. The molecule has 18 nitrogen and oxygen atoms in total. The number of nitrogen functional groups attached to an aromatic ring is 2. The average molecular weight is 867 g/mol. The van der Waals surface area contributed by atoms with Crippen LogP contribution in [0.15, 0.2) is 67.3 Å². The van der Waals surface area contributed by atoms with Gasteiger partial charge in [0.05, 0.1) is 65.1 Å². The molecule has 7 atom stereocenters. The first kappa shape index (κ1) is 43.7. The highest BCUT2D eigenvalue weighted by atomic mass is 31.2. The van der Waals surface area contributed by atoms with Crippen molar-refractivity contribution in [3.05, 3.63) is 83.9 Å². The van der Waals surface area contributed by atoms with E-state index >= 15 is 4.39 Å². The third-order valence-electron chi connectivity index (χ3n) is 10.5. The van der Waals surface area contributed by atoms with E-state index in [1.54, 1.807) is 0 Å². The molecular formula is C40H49F2N10O8P. The Morgan fingerprint density at radius 3 is 1.85 bits per heavy atom. The van der Waals surface area contributed by atoms with Crippen LogP contribution in [0.1, 0.15) is 55.8 Å². The van der Waals surface area contributed by atoms with Gasteiger partial charge in [-0.3, -0.25) is 13.7 Å². The number of ether oxygens (including phenoxy) is 4. The van der Waals surface area contributed by atoms with Gasteiger partial charge in [0.15, 0.2) is 46.1 Å². The van der Waals surface area contributed by atoms with Crippen LogP contribution in [-0.4, -0.2) is 101 Å². The molecular weight excluding hydrogens is 817 g/mol. The summed E-state index contributed by atoms with van der Waals surface area (Å²) in [4.78, 5) is 24.7. The van der Waals surface area contributed by atoms with E-state index in [4.69, 9.17) is 39.5 Å². The predicted octanol–water partition coefficient (Wildman–Crippen LogP) is 5.84. The smallest absolute Gasteiger partial charge is 0.331 e. The summed E-state index contributed by atoms with van der Waals surface area (Å²) in [5.41, 5.74) is 12.3. The molecule has 21 heteroatoms. The van der Waals surface area contributed by atoms with Gasteiger partial charge in [-0.2, -0.15) is 19.9 Å². The van der Waals surface area contributed by atoms with Crippen molar-refractivity contribution in [2.75, 3.05) is 45.1 Å². The number of aryl methyl sites for hydroxylation is 2. The standard InChI is InChI=1S/C28H33FN5O5P.C12H16FN5O3/c1-19-9-7-8-12-21(19)16-37-40(35,14-13-20-10-5-4-6-11-20)38-17-22-15-28(2,29)26(39-22)34-18-31-23-24(34)32-27(30)33-25(23)36-3;1-12(13)3-6(4-19)21-10(12)18-5-15-7-8(18)16-11(14)17-9(7)20-2/h4-12,18,22,26H,13-17H2,1-3H3,(H2,30,32,33);5-6,10,19H,3-4H2,1-2H3,(H2,14,16,17)/t22?,26?,28-,40?;6?,10?,12-/m11/s1. The van der Waals surface area contributed by atoms with Crippen LogP contribution in [0.5, 0.6) is 11.8 Å². The molecule has 2 fully saturated rings. The van der Waals surface area contributed by atoms with Gasteiger partial charge in [-0.05, 0) is 43.9 Å². The first-order valence-corrected chi connectivity index (χ1v) is 21.2. The molecule has 0 bridgehead atoms. The molecule has 0 amide bonds. The predicted molar refractivity (Wildman–Crippen MR) is 220 cm³/mol. The van der Waals surface area contributed by atoms with Crippen molar-refractivity contribution < 1.29 is 46.4 Å². The first-order chi connectivity index (χ1) is 29.1. The van der Waals surface area contributed by atoms with E-state index in [2.05, 4.69) is 29.9 Å². The first-order valence-electron chi connectivity index (χ1n) is 19.5. The number of hydrogen-bond donors (Lipinski definition) is 3. The van der Waals surface area contributed by atoms with E-state index in [1.165, 1.54) is 49.9 Å². The molecule has 6 heterocycles. The number of aliphatic hydroxyl groups is 1. The third kappa shape index (κ3) is 9.59. The molecule has 0 radical (unpaired) electrons. The molecule has 2 aliphatic heterocycles. The minimum atomic E-state index is -3.58. The van der Waals surface area contributed by atoms with Crippen LogP contribution in [-0.2, 0) is 36.1 Å². The number of rotatable bonds is 14. The van der Waals surface area contributed by atoms with E-state index in [0.717, 1.165) is 16.7 Å². The number of alkyl halides is 2. The quantitative estimate of drug-likeness (QED) is 0.109. The van der Waals surface area contributed by atoms with Gasteiger partial charge in [0.1, 0.15) is 0 Å². The number of aliphatic hydroxyl groups excluding tert-OH is 1. The maximum atomic E-state index is 15.9. The lowest BCUT2D eigenvalue weighted by Crippen LogP contribution is -2.27. The topological polar surface area (TPSA) is 232 Å². The second-order valence-corrected chi connectivity index (χ2v) is 17.4. The van der Waals surface area contributed by atoms with Gasteiger partial charge >= 0.3 is 7.60 Å². The number of methoxy groups -OCH3 is 2. The summed E-state index contributed by atoms with van der Waals surface area (Å²) in [5.74, 6) is 0.367. The minimum absolute atomic E-state index is 0.00151. The summed E-state index contributed by atoms with van der Waals surface area (Å²) >= 11 is 0. The van der Waals surface area contributed by atoms with Crippen molar-refractivity contribution in [2.24, 2.45) is 0 Å². The van der Waals surface area contributed by atoms with Gasteiger partial charge in [0.25, 0.3) is 0 Å². The highest BCUT2D eigenvalue weighted by Gasteiger charge is 2.49. The summed E-state index contributed by atoms with van der Waals surface area (Å²) in [5, 5.41) is 9.17. The summed E-state index contributed by atoms with van der Waals surface area (Å²) < 4.78 is 81.3. The van der Waals surface area contributed by atoms with Crippen LogP contribution >= 0.6 is 7.60 Å². The van der Waals surface area contributed by atoms with Gasteiger partial charge in [0, 0.05) is 12.8 Å². The Balaban J connectivity index is 0.000000224. The summed E-state index contributed by atoms with van der Waals surface area (Å²) in [6.07, 6.45) is 0.331. The van der Waals surface area contributed by atoms with Gasteiger partial charge in [0.2, 0.25) is 23.7 Å².